The van der Waals surface area contributed by atoms with Crippen molar-refractivity contribution < 1.29 is 25.2 Å². The molecule has 0 radical (unpaired) electrons. The van der Waals surface area contributed by atoms with Crippen LogP contribution in [0.2, 0.25) is 0 Å². The maximum atomic E-state index is 10.3. The van der Waals surface area contributed by atoms with Gasteiger partial charge in [-0.05, 0) is 43.4 Å². The molecular formula is C20H33NO5. The summed E-state index contributed by atoms with van der Waals surface area (Å²) in [4.78, 5) is 2.12. The van der Waals surface area contributed by atoms with Crippen LogP contribution >= 0.6 is 0 Å². The molecular weight excluding hydrogens is 334 g/mol. The van der Waals surface area contributed by atoms with Crippen LogP contribution in [0, 0.1) is 5.92 Å². The molecule has 0 bridgehead atoms. The van der Waals surface area contributed by atoms with Crippen molar-refractivity contribution in [3.8, 4) is 5.75 Å². The molecule has 0 fully saturated rings. The van der Waals surface area contributed by atoms with Crippen molar-refractivity contribution in [1.29, 1.82) is 0 Å². The van der Waals surface area contributed by atoms with Crippen LogP contribution in [0.5, 0.6) is 5.75 Å². The lowest BCUT2D eigenvalue weighted by Gasteiger charge is -2.32. The average molecular weight is 367 g/mol. The van der Waals surface area contributed by atoms with E-state index in [0.717, 1.165) is 37.9 Å². The highest BCUT2D eigenvalue weighted by Gasteiger charge is 2.32. The minimum absolute atomic E-state index is 0.141. The summed E-state index contributed by atoms with van der Waals surface area (Å²) < 4.78 is 5.66. The van der Waals surface area contributed by atoms with Crippen LogP contribution in [-0.4, -0.2) is 76.0 Å². The van der Waals surface area contributed by atoms with Gasteiger partial charge in [-0.3, -0.25) is 0 Å². The lowest BCUT2D eigenvalue weighted by Crippen LogP contribution is -2.50. The summed E-state index contributed by atoms with van der Waals surface area (Å²) in [5, 5.41) is 40.9. The Morgan fingerprint density at radius 1 is 1.04 bits per heavy atom. The summed E-state index contributed by atoms with van der Waals surface area (Å²) in [6.07, 6.45) is -2.49. The van der Waals surface area contributed by atoms with Crippen molar-refractivity contribution in [3.63, 3.8) is 0 Å². The van der Waals surface area contributed by atoms with Gasteiger partial charge in [0.2, 0.25) is 0 Å². The zero-order valence-electron chi connectivity index (χ0n) is 15.8. The number of hydrogen-bond acceptors (Lipinski definition) is 6. The third-order valence-electron chi connectivity index (χ3n) is 4.76. The molecule has 0 aromatic heterocycles. The van der Waals surface area contributed by atoms with Gasteiger partial charge in [0.1, 0.15) is 30.7 Å². The Hall–Kier alpha value is -1.18. The lowest BCUT2D eigenvalue weighted by molar-refractivity contribution is -0.118. The van der Waals surface area contributed by atoms with Gasteiger partial charge in [-0.25, -0.2) is 0 Å². The van der Waals surface area contributed by atoms with E-state index >= 15 is 0 Å². The number of aryl methyl sites for hydroxylation is 1. The second kappa shape index (κ2) is 10.2. The van der Waals surface area contributed by atoms with Crippen molar-refractivity contribution in [2.75, 3.05) is 26.2 Å². The van der Waals surface area contributed by atoms with Crippen LogP contribution < -0.4 is 4.74 Å². The van der Waals surface area contributed by atoms with E-state index in [-0.39, 0.29) is 13.2 Å². The molecule has 148 valence electrons. The van der Waals surface area contributed by atoms with E-state index in [0.29, 0.717) is 11.7 Å². The van der Waals surface area contributed by atoms with Gasteiger partial charge in [-0.15, -0.1) is 0 Å². The summed E-state index contributed by atoms with van der Waals surface area (Å²) in [7, 11) is 0. The molecule has 1 aliphatic rings. The molecule has 0 spiro atoms. The number of para-hydroxylation sites is 1. The van der Waals surface area contributed by atoms with Crippen molar-refractivity contribution in [2.24, 2.45) is 5.92 Å². The minimum atomic E-state index is -1.47. The van der Waals surface area contributed by atoms with Gasteiger partial charge in [-0.2, -0.15) is 0 Å². The number of nitrogens with zero attached hydrogens (tertiary/aromatic N) is 1. The van der Waals surface area contributed by atoms with Gasteiger partial charge in [0, 0.05) is 13.1 Å². The molecule has 1 aliphatic heterocycles. The van der Waals surface area contributed by atoms with E-state index in [1.165, 1.54) is 0 Å². The molecule has 4 N–H and O–H groups in total. The number of aliphatic hydroxyl groups is 4. The Bertz CT molecular complexity index is 539. The first-order valence-corrected chi connectivity index (χ1v) is 9.53. The van der Waals surface area contributed by atoms with Crippen molar-refractivity contribution in [2.45, 2.75) is 57.5 Å². The van der Waals surface area contributed by atoms with Crippen LogP contribution in [0.4, 0.5) is 0 Å². The fourth-order valence-corrected chi connectivity index (χ4v) is 3.38. The van der Waals surface area contributed by atoms with Crippen LogP contribution in [0.25, 0.3) is 0 Å². The number of rotatable bonds is 2. The number of ether oxygens (including phenoxy) is 1. The monoisotopic (exact) mass is 367 g/mol. The normalized spacial score (nSPS) is 29.7. The van der Waals surface area contributed by atoms with Crippen LogP contribution in [0.1, 0.15) is 32.3 Å². The zero-order valence-corrected chi connectivity index (χ0v) is 15.8. The smallest absolute Gasteiger partial charge is 0.122 e. The topological polar surface area (TPSA) is 93.4 Å². The van der Waals surface area contributed by atoms with Gasteiger partial charge in [0.15, 0.2) is 0 Å². The molecule has 0 saturated carbocycles. The van der Waals surface area contributed by atoms with Crippen LogP contribution in [0.15, 0.2) is 24.3 Å². The SMILES string of the molecule is CC(C)CN1CCCCc2ccccc2OC[C@@H](O)[C@@H](O)[C@H](O)[C@@H](O)C1. The fraction of sp³-hybridized carbons (Fsp3) is 0.700. The molecule has 0 amide bonds. The molecule has 0 aliphatic carbocycles. The number of β-amino-alcohol motifs (C(OH)–C–C–N with tert-alkyl or cyclic N) is 1. The quantitative estimate of drug-likeness (QED) is 0.618. The first kappa shape index (κ1) is 21.1. The molecule has 1 aromatic carbocycles. The zero-order chi connectivity index (χ0) is 19.1. The van der Waals surface area contributed by atoms with Gasteiger partial charge < -0.3 is 30.1 Å². The predicted octanol–water partition coefficient (Wildman–Crippen LogP) is 0.803. The van der Waals surface area contributed by atoms with Crippen molar-refractivity contribution in [1.82, 2.24) is 4.90 Å². The van der Waals surface area contributed by atoms with E-state index < -0.39 is 24.4 Å². The molecule has 1 heterocycles. The number of hydrogen-bond donors (Lipinski definition) is 4. The van der Waals surface area contributed by atoms with E-state index in [1.807, 2.05) is 24.3 Å². The first-order chi connectivity index (χ1) is 12.4. The third-order valence-corrected chi connectivity index (χ3v) is 4.76. The summed E-state index contributed by atoms with van der Waals surface area (Å²) >= 11 is 0. The Balaban J connectivity index is 2.15. The minimum Gasteiger partial charge on any atom is -0.491 e. The van der Waals surface area contributed by atoms with Crippen LogP contribution in [0.3, 0.4) is 0 Å². The second-order valence-electron chi connectivity index (χ2n) is 7.65. The summed E-state index contributed by atoms with van der Waals surface area (Å²) in [6.45, 7) is 5.96. The molecule has 6 nitrogen and oxygen atoms in total. The van der Waals surface area contributed by atoms with Gasteiger partial charge in [0.05, 0.1) is 6.10 Å². The number of aliphatic hydroxyl groups excluding tert-OH is 4. The maximum absolute atomic E-state index is 10.3. The largest absolute Gasteiger partial charge is 0.491 e. The Kier molecular flexibility index (Phi) is 8.31. The summed E-state index contributed by atoms with van der Waals surface area (Å²) in [5.41, 5.74) is 1.07. The highest BCUT2D eigenvalue weighted by atomic mass is 16.5. The maximum Gasteiger partial charge on any atom is 0.122 e. The second-order valence-corrected chi connectivity index (χ2v) is 7.65. The van der Waals surface area contributed by atoms with Gasteiger partial charge >= 0.3 is 0 Å². The fourth-order valence-electron chi connectivity index (χ4n) is 3.38. The highest BCUT2D eigenvalue weighted by molar-refractivity contribution is 5.33. The third kappa shape index (κ3) is 6.21. The van der Waals surface area contributed by atoms with Crippen molar-refractivity contribution in [3.05, 3.63) is 29.8 Å². The lowest BCUT2D eigenvalue weighted by atomic mass is 10.0. The number of fused-ring (bicyclic) bond motifs is 1. The summed E-state index contributed by atoms with van der Waals surface area (Å²) in [5.74, 6) is 1.12. The molecule has 26 heavy (non-hydrogen) atoms. The Labute approximate surface area is 156 Å². The number of benzene rings is 1. The van der Waals surface area contributed by atoms with E-state index in [4.69, 9.17) is 4.74 Å². The van der Waals surface area contributed by atoms with Gasteiger partial charge in [0.25, 0.3) is 0 Å². The molecule has 0 saturated heterocycles. The molecule has 1 aromatic rings. The van der Waals surface area contributed by atoms with E-state index in [9.17, 15) is 20.4 Å². The standard InChI is InChI=1S/C20H33NO5/c1-14(2)11-21-10-6-5-8-15-7-3-4-9-18(15)26-13-17(23)20(25)19(24)16(22)12-21/h3-4,7,9,14,16-17,19-20,22-25H,5-6,8,10-13H2,1-2H3/t16-,17+,19+,20+/m0/s1. The van der Waals surface area contributed by atoms with Crippen molar-refractivity contribution >= 4 is 0 Å². The predicted molar refractivity (Wildman–Crippen MR) is 100 cm³/mol. The Morgan fingerprint density at radius 3 is 2.46 bits per heavy atom. The Morgan fingerprint density at radius 2 is 1.73 bits per heavy atom. The van der Waals surface area contributed by atoms with E-state index in [2.05, 4.69) is 18.7 Å². The highest BCUT2D eigenvalue weighted by Crippen LogP contribution is 2.21. The first-order valence-electron chi connectivity index (χ1n) is 9.53. The van der Waals surface area contributed by atoms with E-state index in [1.54, 1.807) is 0 Å². The molecule has 4 atom stereocenters. The molecule has 2 rings (SSSR count). The van der Waals surface area contributed by atoms with Crippen LogP contribution in [-0.2, 0) is 6.42 Å². The van der Waals surface area contributed by atoms with Gasteiger partial charge in [-0.1, -0.05) is 32.0 Å². The molecule has 6 heteroatoms. The molecule has 0 unspecified atom stereocenters. The summed E-state index contributed by atoms with van der Waals surface area (Å²) in [6, 6.07) is 7.68. The average Bonchev–Trinajstić information content (AvgIpc) is 2.61.